The monoisotopic (exact) mass is 697 g/mol. The number of rotatable bonds is 38. The Balaban J connectivity index is 4.48. The van der Waals surface area contributed by atoms with Gasteiger partial charge >= 0.3 is 17.9 Å². The molecule has 7 heteroatoms. The molecule has 0 saturated carbocycles. The number of carbonyl (C=O) groups is 3. The van der Waals surface area contributed by atoms with Gasteiger partial charge in [0.2, 0.25) is 0 Å². The van der Waals surface area contributed by atoms with E-state index < -0.39 is 35.3 Å². The standard InChI is InChI=1S/C42H80O7/c1-4-5-6-7-8-9-10-11-16-19-22-25-28-31-34-41(39(45)46,42(49,40(47)48)36-38(43)44)35-32-29-26-23-20-17-14-12-13-15-18-21-24-27-30-33-37(2)3/h37,49H,4-36H2,1-3H3,(H,43,44)(H,45,46)(H,47,48). The van der Waals surface area contributed by atoms with Crippen molar-refractivity contribution in [2.45, 2.75) is 238 Å². The van der Waals surface area contributed by atoms with Crippen LogP contribution in [0.3, 0.4) is 0 Å². The highest BCUT2D eigenvalue weighted by Gasteiger charge is 2.61. The highest BCUT2D eigenvalue weighted by Crippen LogP contribution is 2.45. The molecule has 0 aliphatic carbocycles. The highest BCUT2D eigenvalue weighted by atomic mass is 16.4. The zero-order valence-electron chi connectivity index (χ0n) is 32.4. The van der Waals surface area contributed by atoms with Crippen LogP contribution < -0.4 is 0 Å². The zero-order valence-corrected chi connectivity index (χ0v) is 32.4. The van der Waals surface area contributed by atoms with E-state index in [0.29, 0.717) is 12.8 Å². The minimum Gasteiger partial charge on any atom is -0.481 e. The molecule has 0 aromatic carbocycles. The smallest absolute Gasteiger partial charge is 0.337 e. The van der Waals surface area contributed by atoms with Crippen molar-refractivity contribution in [3.05, 3.63) is 0 Å². The van der Waals surface area contributed by atoms with Crippen LogP contribution in [0.1, 0.15) is 233 Å². The summed E-state index contributed by atoms with van der Waals surface area (Å²) in [5.74, 6) is -3.85. The van der Waals surface area contributed by atoms with Crippen molar-refractivity contribution in [1.82, 2.24) is 0 Å². The molecule has 0 rings (SSSR count). The highest BCUT2D eigenvalue weighted by molar-refractivity contribution is 5.92. The van der Waals surface area contributed by atoms with Crippen molar-refractivity contribution in [3.63, 3.8) is 0 Å². The Bertz CT molecular complexity index is 813. The van der Waals surface area contributed by atoms with Crippen molar-refractivity contribution in [1.29, 1.82) is 0 Å². The Hall–Kier alpha value is -1.63. The van der Waals surface area contributed by atoms with E-state index in [1.807, 2.05) is 0 Å². The molecule has 0 spiro atoms. The van der Waals surface area contributed by atoms with Gasteiger partial charge in [0.15, 0.2) is 5.60 Å². The normalized spacial score (nSPS) is 14.1. The molecule has 0 aliphatic rings. The number of unbranched alkanes of at least 4 members (excludes halogenated alkanes) is 27. The first-order valence-corrected chi connectivity index (χ1v) is 20.9. The van der Waals surface area contributed by atoms with Crippen LogP contribution in [0.4, 0.5) is 0 Å². The molecule has 0 amide bonds. The van der Waals surface area contributed by atoms with E-state index in [0.717, 1.165) is 57.3 Å². The first kappa shape index (κ1) is 47.4. The van der Waals surface area contributed by atoms with E-state index in [9.17, 15) is 34.8 Å². The van der Waals surface area contributed by atoms with Gasteiger partial charge in [-0.25, -0.2) is 4.79 Å². The first-order valence-electron chi connectivity index (χ1n) is 20.9. The largest absolute Gasteiger partial charge is 0.481 e. The van der Waals surface area contributed by atoms with Crippen LogP contribution in [-0.4, -0.2) is 43.9 Å². The summed E-state index contributed by atoms with van der Waals surface area (Å²) >= 11 is 0. The Morgan fingerprint density at radius 2 is 0.735 bits per heavy atom. The first-order chi connectivity index (χ1) is 23.5. The summed E-state index contributed by atoms with van der Waals surface area (Å²) in [6.45, 7) is 6.83. The minimum atomic E-state index is -2.85. The summed E-state index contributed by atoms with van der Waals surface area (Å²) < 4.78 is 0. The average molecular weight is 697 g/mol. The van der Waals surface area contributed by atoms with E-state index >= 15 is 0 Å². The fourth-order valence-corrected chi connectivity index (χ4v) is 7.50. The lowest BCUT2D eigenvalue weighted by molar-refractivity contribution is -0.196. The van der Waals surface area contributed by atoms with Gasteiger partial charge in [0.1, 0.15) is 5.41 Å². The summed E-state index contributed by atoms with van der Waals surface area (Å²) in [7, 11) is 0. The van der Waals surface area contributed by atoms with E-state index in [4.69, 9.17) is 0 Å². The fourth-order valence-electron chi connectivity index (χ4n) is 7.50. The Morgan fingerprint density at radius 3 is 0.980 bits per heavy atom. The van der Waals surface area contributed by atoms with Crippen LogP contribution in [0.25, 0.3) is 0 Å². The number of aliphatic hydroxyl groups is 1. The topological polar surface area (TPSA) is 132 Å². The molecule has 0 bridgehead atoms. The molecule has 2 atom stereocenters. The molecule has 0 aliphatic heterocycles. The predicted octanol–water partition coefficient (Wildman–Crippen LogP) is 12.5. The number of carboxylic acid groups (broad SMARTS) is 3. The molecule has 0 aromatic rings. The molecule has 0 saturated heterocycles. The lowest BCUT2D eigenvalue weighted by Crippen LogP contribution is -2.59. The predicted molar refractivity (Wildman–Crippen MR) is 203 cm³/mol. The summed E-state index contributed by atoms with van der Waals surface area (Å²) in [5.41, 5.74) is -4.88. The van der Waals surface area contributed by atoms with Crippen LogP contribution in [0, 0.1) is 11.3 Å². The van der Waals surface area contributed by atoms with Gasteiger partial charge in [0.05, 0.1) is 6.42 Å². The third-order valence-electron chi connectivity index (χ3n) is 10.8. The van der Waals surface area contributed by atoms with E-state index in [-0.39, 0.29) is 12.8 Å². The molecular weight excluding hydrogens is 616 g/mol. The maximum atomic E-state index is 12.7. The van der Waals surface area contributed by atoms with Crippen LogP contribution in [-0.2, 0) is 14.4 Å². The quantitative estimate of drug-likeness (QED) is 0.0472. The van der Waals surface area contributed by atoms with Gasteiger partial charge in [-0.2, -0.15) is 0 Å². The Kier molecular flexibility index (Phi) is 30.1. The van der Waals surface area contributed by atoms with Crippen LogP contribution in [0.15, 0.2) is 0 Å². The van der Waals surface area contributed by atoms with Gasteiger partial charge < -0.3 is 20.4 Å². The van der Waals surface area contributed by atoms with Gasteiger partial charge in [-0.15, -0.1) is 0 Å². The molecule has 0 aromatic heterocycles. The average Bonchev–Trinajstić information content (AvgIpc) is 3.04. The van der Waals surface area contributed by atoms with Gasteiger partial charge in [0, 0.05) is 0 Å². The van der Waals surface area contributed by atoms with Crippen molar-refractivity contribution >= 4 is 17.9 Å². The van der Waals surface area contributed by atoms with Gasteiger partial charge in [-0.3, -0.25) is 9.59 Å². The molecule has 7 nitrogen and oxygen atoms in total. The van der Waals surface area contributed by atoms with E-state index in [1.165, 1.54) is 128 Å². The fraction of sp³-hybridized carbons (Fsp3) is 0.929. The van der Waals surface area contributed by atoms with Crippen molar-refractivity contribution in [3.8, 4) is 0 Å². The lowest BCUT2D eigenvalue weighted by Gasteiger charge is -2.41. The molecular formula is C42H80O7. The molecule has 2 unspecified atom stereocenters. The third-order valence-corrected chi connectivity index (χ3v) is 10.8. The van der Waals surface area contributed by atoms with Gasteiger partial charge in [-0.05, 0) is 18.8 Å². The second-order valence-electron chi connectivity index (χ2n) is 15.7. The Morgan fingerprint density at radius 1 is 0.449 bits per heavy atom. The molecule has 4 N–H and O–H groups in total. The summed E-state index contributed by atoms with van der Waals surface area (Å²) in [6.07, 6.45) is 33.6. The Labute approximate surface area is 301 Å². The lowest BCUT2D eigenvalue weighted by atomic mass is 9.64. The number of hydrogen-bond acceptors (Lipinski definition) is 4. The van der Waals surface area contributed by atoms with Crippen LogP contribution in [0.5, 0.6) is 0 Å². The third kappa shape index (κ3) is 23.5. The summed E-state index contributed by atoms with van der Waals surface area (Å²) in [4.78, 5) is 36.6. The van der Waals surface area contributed by atoms with Crippen molar-refractivity contribution in [2.24, 2.45) is 11.3 Å². The second-order valence-corrected chi connectivity index (χ2v) is 15.7. The van der Waals surface area contributed by atoms with Crippen LogP contribution in [0.2, 0.25) is 0 Å². The number of aliphatic carboxylic acids is 3. The zero-order chi connectivity index (χ0) is 36.6. The maximum Gasteiger partial charge on any atom is 0.337 e. The van der Waals surface area contributed by atoms with Crippen molar-refractivity contribution in [2.75, 3.05) is 0 Å². The SMILES string of the molecule is CCCCCCCCCCCCCCCCC(CCCCCCCCCCCCCCCCCC(C)C)(C(=O)O)C(O)(CC(=O)O)C(=O)O. The molecule has 290 valence electrons. The van der Waals surface area contributed by atoms with Crippen LogP contribution >= 0.6 is 0 Å². The number of carboxylic acids is 3. The maximum absolute atomic E-state index is 12.7. The van der Waals surface area contributed by atoms with E-state index in [2.05, 4.69) is 20.8 Å². The van der Waals surface area contributed by atoms with Gasteiger partial charge in [0.25, 0.3) is 0 Å². The second kappa shape index (κ2) is 31.1. The number of hydrogen-bond donors (Lipinski definition) is 4. The van der Waals surface area contributed by atoms with Crippen molar-refractivity contribution < 1.29 is 34.8 Å². The summed E-state index contributed by atoms with van der Waals surface area (Å²) in [6, 6.07) is 0. The molecule has 0 fully saturated rings. The molecule has 0 radical (unpaired) electrons. The summed E-state index contributed by atoms with van der Waals surface area (Å²) in [5, 5.41) is 41.0. The van der Waals surface area contributed by atoms with Gasteiger partial charge in [-0.1, -0.05) is 213 Å². The minimum absolute atomic E-state index is 0.0332. The molecule has 0 heterocycles. The van der Waals surface area contributed by atoms with E-state index in [1.54, 1.807) is 0 Å². The molecule has 49 heavy (non-hydrogen) atoms.